The Bertz CT molecular complexity index is 917. The molecule has 1 aliphatic heterocycles. The second-order valence-electron chi connectivity index (χ2n) is 6.43. The number of nitrogens with one attached hydrogen (secondary N) is 1. The quantitative estimate of drug-likeness (QED) is 0.650. The molecule has 1 heterocycles. The first-order chi connectivity index (χ1) is 12.9. The fourth-order valence-corrected chi connectivity index (χ4v) is 2.90. The highest BCUT2D eigenvalue weighted by Gasteiger charge is 2.33. The number of carbonyl (C=O) groups excluding carboxylic acids is 2. The minimum absolute atomic E-state index is 0.229. The fraction of sp³-hybridized carbons (Fsp3) is 0.238. The molecule has 0 unspecified atom stereocenters. The van der Waals surface area contributed by atoms with Crippen LogP contribution in [0.25, 0.3) is 6.08 Å². The maximum absolute atomic E-state index is 12.7. The molecule has 0 aromatic heterocycles. The first-order valence-electron chi connectivity index (χ1n) is 8.55. The third kappa shape index (κ3) is 3.79. The average Bonchev–Trinajstić information content (AvgIpc) is 2.92. The van der Waals surface area contributed by atoms with Gasteiger partial charge in [-0.25, -0.2) is 4.79 Å². The average molecular weight is 366 g/mol. The van der Waals surface area contributed by atoms with E-state index in [1.807, 2.05) is 44.2 Å². The maximum Gasteiger partial charge on any atom is 0.329 e. The zero-order valence-electron chi connectivity index (χ0n) is 15.8. The minimum Gasteiger partial charge on any atom is -0.493 e. The normalized spacial score (nSPS) is 15.3. The van der Waals surface area contributed by atoms with Crippen LogP contribution in [0.1, 0.15) is 22.3 Å². The summed E-state index contributed by atoms with van der Waals surface area (Å²) in [4.78, 5) is 26.2. The zero-order chi connectivity index (χ0) is 19.6. The van der Waals surface area contributed by atoms with E-state index >= 15 is 0 Å². The Labute approximate surface area is 158 Å². The highest BCUT2D eigenvalue weighted by molar-refractivity contribution is 6.14. The number of benzene rings is 2. The summed E-state index contributed by atoms with van der Waals surface area (Å²) in [5, 5.41) is 2.65. The third-order valence-electron chi connectivity index (χ3n) is 4.50. The Morgan fingerprint density at radius 3 is 2.26 bits per heavy atom. The van der Waals surface area contributed by atoms with Gasteiger partial charge in [-0.1, -0.05) is 29.8 Å². The summed E-state index contributed by atoms with van der Waals surface area (Å²) >= 11 is 0. The molecule has 1 aliphatic rings. The molecule has 3 rings (SSSR count). The van der Waals surface area contributed by atoms with Gasteiger partial charge in [0, 0.05) is 0 Å². The third-order valence-corrected chi connectivity index (χ3v) is 4.50. The van der Waals surface area contributed by atoms with Crippen LogP contribution < -0.4 is 14.8 Å². The van der Waals surface area contributed by atoms with E-state index < -0.39 is 6.03 Å². The van der Waals surface area contributed by atoms with E-state index in [2.05, 4.69) is 5.32 Å². The van der Waals surface area contributed by atoms with Crippen molar-refractivity contribution in [1.82, 2.24) is 10.2 Å². The Morgan fingerprint density at radius 2 is 1.63 bits per heavy atom. The van der Waals surface area contributed by atoms with Crippen molar-refractivity contribution in [3.8, 4) is 11.5 Å². The Kier molecular flexibility index (Phi) is 5.16. The van der Waals surface area contributed by atoms with Crippen LogP contribution in [-0.2, 0) is 11.3 Å². The number of ether oxygens (including phenoxy) is 2. The molecule has 2 aromatic carbocycles. The lowest BCUT2D eigenvalue weighted by Crippen LogP contribution is -2.30. The predicted molar refractivity (Wildman–Crippen MR) is 103 cm³/mol. The molecule has 1 fully saturated rings. The largest absolute Gasteiger partial charge is 0.493 e. The predicted octanol–water partition coefficient (Wildman–Crippen LogP) is 3.41. The van der Waals surface area contributed by atoms with Gasteiger partial charge in [-0.3, -0.25) is 9.69 Å². The molecule has 0 spiro atoms. The van der Waals surface area contributed by atoms with E-state index in [0.29, 0.717) is 11.5 Å². The summed E-state index contributed by atoms with van der Waals surface area (Å²) in [6.07, 6.45) is 1.66. The van der Waals surface area contributed by atoms with Crippen LogP contribution in [-0.4, -0.2) is 31.1 Å². The number of rotatable bonds is 5. The maximum atomic E-state index is 12.7. The molecule has 3 amide bonds. The van der Waals surface area contributed by atoms with Crippen molar-refractivity contribution in [2.75, 3.05) is 14.2 Å². The van der Waals surface area contributed by atoms with Gasteiger partial charge in [0.15, 0.2) is 11.5 Å². The van der Waals surface area contributed by atoms with Gasteiger partial charge in [-0.05, 0) is 48.7 Å². The fourth-order valence-electron chi connectivity index (χ4n) is 2.90. The highest BCUT2D eigenvalue weighted by Crippen LogP contribution is 2.31. The van der Waals surface area contributed by atoms with E-state index in [1.54, 1.807) is 26.4 Å². The van der Waals surface area contributed by atoms with E-state index in [9.17, 15) is 9.59 Å². The number of hydrogen-bond donors (Lipinski definition) is 1. The van der Waals surface area contributed by atoms with Crippen molar-refractivity contribution in [1.29, 1.82) is 0 Å². The molecule has 0 bridgehead atoms. The number of urea groups is 1. The van der Waals surface area contributed by atoms with Crippen LogP contribution >= 0.6 is 0 Å². The Morgan fingerprint density at radius 1 is 1.00 bits per heavy atom. The van der Waals surface area contributed by atoms with Gasteiger partial charge in [0.2, 0.25) is 0 Å². The molecule has 6 heteroatoms. The Balaban J connectivity index is 1.87. The molecular formula is C21H22N2O4. The van der Waals surface area contributed by atoms with Gasteiger partial charge < -0.3 is 14.8 Å². The lowest BCUT2D eigenvalue weighted by atomic mass is 10.1. The molecule has 27 heavy (non-hydrogen) atoms. The lowest BCUT2D eigenvalue weighted by Gasteiger charge is -2.12. The van der Waals surface area contributed by atoms with Gasteiger partial charge in [0.1, 0.15) is 5.70 Å². The number of nitrogens with zero attached hydrogens (tertiary/aromatic N) is 1. The van der Waals surface area contributed by atoms with Gasteiger partial charge in [-0.15, -0.1) is 0 Å². The molecule has 6 nitrogen and oxygen atoms in total. The molecular weight excluding hydrogens is 344 g/mol. The monoisotopic (exact) mass is 366 g/mol. The van der Waals surface area contributed by atoms with Crippen molar-refractivity contribution < 1.29 is 19.1 Å². The lowest BCUT2D eigenvalue weighted by molar-refractivity contribution is -0.123. The smallest absolute Gasteiger partial charge is 0.329 e. The van der Waals surface area contributed by atoms with Crippen LogP contribution in [0, 0.1) is 13.8 Å². The molecule has 0 atom stereocenters. The topological polar surface area (TPSA) is 67.9 Å². The van der Waals surface area contributed by atoms with Crippen LogP contribution in [0.15, 0.2) is 42.1 Å². The SMILES string of the molecule is COc1cc(C)c(C=C2NC(=O)N(Cc3ccc(C)cc3)C2=O)cc1OC. The van der Waals surface area contributed by atoms with Crippen molar-refractivity contribution in [3.05, 3.63) is 64.3 Å². The van der Waals surface area contributed by atoms with Crippen molar-refractivity contribution in [2.24, 2.45) is 0 Å². The standard InChI is InChI=1S/C21H22N2O4/c1-13-5-7-15(8-6-13)12-23-20(24)17(22-21(23)25)10-16-11-19(27-4)18(26-3)9-14(16)2/h5-11H,12H2,1-4H3,(H,22,25). The van der Waals surface area contributed by atoms with E-state index in [4.69, 9.17) is 9.47 Å². The molecule has 0 saturated carbocycles. The molecule has 0 aliphatic carbocycles. The van der Waals surface area contributed by atoms with Gasteiger partial charge >= 0.3 is 6.03 Å². The van der Waals surface area contributed by atoms with E-state index in [1.165, 1.54) is 4.90 Å². The summed E-state index contributed by atoms with van der Waals surface area (Å²) < 4.78 is 10.6. The summed E-state index contributed by atoms with van der Waals surface area (Å²) in [7, 11) is 3.12. The summed E-state index contributed by atoms with van der Waals surface area (Å²) in [6.45, 7) is 4.12. The Hall–Kier alpha value is -3.28. The second-order valence-corrected chi connectivity index (χ2v) is 6.43. The van der Waals surface area contributed by atoms with Crippen LogP contribution in [0.5, 0.6) is 11.5 Å². The van der Waals surface area contributed by atoms with E-state index in [0.717, 1.165) is 22.3 Å². The first kappa shape index (κ1) is 18.5. The summed E-state index contributed by atoms with van der Waals surface area (Å²) in [6, 6.07) is 10.9. The number of aryl methyl sites for hydroxylation is 2. The summed E-state index contributed by atoms with van der Waals surface area (Å²) in [5.74, 6) is 0.818. The zero-order valence-corrected chi connectivity index (χ0v) is 15.8. The van der Waals surface area contributed by atoms with Gasteiger partial charge in [-0.2, -0.15) is 0 Å². The number of carbonyl (C=O) groups is 2. The van der Waals surface area contributed by atoms with Crippen molar-refractivity contribution in [3.63, 3.8) is 0 Å². The van der Waals surface area contributed by atoms with Crippen LogP contribution in [0.4, 0.5) is 4.79 Å². The van der Waals surface area contributed by atoms with Gasteiger partial charge in [0.05, 0.1) is 20.8 Å². The van der Waals surface area contributed by atoms with Crippen molar-refractivity contribution >= 4 is 18.0 Å². The van der Waals surface area contributed by atoms with E-state index in [-0.39, 0.29) is 18.1 Å². The minimum atomic E-state index is -0.426. The second kappa shape index (κ2) is 7.53. The molecule has 140 valence electrons. The molecule has 0 radical (unpaired) electrons. The summed E-state index contributed by atoms with van der Waals surface area (Å²) in [5.41, 5.74) is 3.93. The molecule has 2 aromatic rings. The van der Waals surface area contributed by atoms with Crippen LogP contribution in [0.2, 0.25) is 0 Å². The van der Waals surface area contributed by atoms with Gasteiger partial charge in [0.25, 0.3) is 5.91 Å². The molecule has 1 N–H and O–H groups in total. The number of methoxy groups -OCH3 is 2. The van der Waals surface area contributed by atoms with Crippen molar-refractivity contribution in [2.45, 2.75) is 20.4 Å². The number of amides is 3. The highest BCUT2D eigenvalue weighted by atomic mass is 16.5. The first-order valence-corrected chi connectivity index (χ1v) is 8.55. The molecule has 1 saturated heterocycles. The van der Waals surface area contributed by atoms with Crippen LogP contribution in [0.3, 0.4) is 0 Å². The number of hydrogen-bond acceptors (Lipinski definition) is 4. The number of imide groups is 1.